The lowest BCUT2D eigenvalue weighted by Gasteiger charge is -2.25. The molecule has 0 saturated carbocycles. The molecule has 0 aliphatic rings. The summed E-state index contributed by atoms with van der Waals surface area (Å²) in [7, 11) is 1.77. The fraction of sp³-hybridized carbons (Fsp3) is 1.00. The Morgan fingerprint density at radius 1 is 1.05 bits per heavy atom. The maximum Gasteiger partial charge on any atom is 0.334 e. The van der Waals surface area contributed by atoms with E-state index in [9.17, 15) is 5.11 Å². The average molecular weight is 324 g/mol. The molecule has 0 rings (SSSR count). The lowest BCUT2D eigenvalue weighted by Crippen LogP contribution is -2.38. The smallest absolute Gasteiger partial charge is 0.334 e. The summed E-state index contributed by atoms with van der Waals surface area (Å²) >= 11 is 0. The van der Waals surface area contributed by atoms with Gasteiger partial charge in [0.25, 0.3) is 0 Å². The van der Waals surface area contributed by atoms with Gasteiger partial charge < -0.3 is 28.3 Å². The minimum Gasteiger partial charge on any atom is -0.395 e. The average Bonchev–Trinajstić information content (AvgIpc) is 2.37. The van der Waals surface area contributed by atoms with Gasteiger partial charge in [0.15, 0.2) is 6.29 Å². The van der Waals surface area contributed by atoms with Crippen molar-refractivity contribution in [3.05, 3.63) is 0 Å². The number of hydrogen-bond acceptors (Lipinski definition) is 6. The molecule has 0 heterocycles. The fourth-order valence-electron chi connectivity index (χ4n) is 2.00. The third-order valence-electron chi connectivity index (χ3n) is 2.88. The van der Waals surface area contributed by atoms with Gasteiger partial charge in [0, 0.05) is 26.4 Å². The van der Waals surface area contributed by atoms with Crippen LogP contribution >= 0.6 is 0 Å². The Kier molecular flexibility index (Phi) is 12.5. The molecule has 1 atom stereocenters. The zero-order chi connectivity index (χ0) is 16.1. The second kappa shape index (κ2) is 12.5. The highest BCUT2D eigenvalue weighted by atomic mass is 28.4. The van der Waals surface area contributed by atoms with E-state index in [1.165, 1.54) is 0 Å². The predicted octanol–water partition coefficient (Wildman–Crippen LogP) is 1.43. The largest absolute Gasteiger partial charge is 0.395 e. The molecule has 0 amide bonds. The molecular weight excluding hydrogens is 290 g/mol. The number of aliphatic hydroxyl groups is 1. The van der Waals surface area contributed by atoms with E-state index in [0.29, 0.717) is 39.6 Å². The summed E-state index contributed by atoms with van der Waals surface area (Å²) in [6.07, 6.45) is 0.165. The van der Waals surface area contributed by atoms with Gasteiger partial charge in [-0.05, 0) is 47.0 Å². The van der Waals surface area contributed by atoms with Crippen molar-refractivity contribution in [3.8, 4) is 0 Å². The molecule has 0 aliphatic heterocycles. The second-order valence-corrected chi connectivity index (χ2v) is 8.65. The number of nitrogens with zero attached hydrogens (tertiary/aromatic N) is 1. The zero-order valence-corrected chi connectivity index (χ0v) is 15.3. The SMILES string of the molecule is CCO[Si](C)(CCCOCCOC(O)CN(C)C)OCC. The van der Waals surface area contributed by atoms with Crippen molar-refractivity contribution in [2.75, 3.05) is 53.7 Å². The van der Waals surface area contributed by atoms with Gasteiger partial charge in [-0.2, -0.15) is 0 Å². The number of rotatable bonds is 14. The van der Waals surface area contributed by atoms with E-state index in [0.717, 1.165) is 12.5 Å². The first kappa shape index (κ1) is 21.0. The summed E-state index contributed by atoms with van der Waals surface area (Å²) in [5, 5.41) is 9.50. The minimum atomic E-state index is -2.01. The maximum atomic E-state index is 9.50. The fourth-order valence-corrected chi connectivity index (χ4v) is 4.38. The van der Waals surface area contributed by atoms with Crippen molar-refractivity contribution in [1.29, 1.82) is 0 Å². The van der Waals surface area contributed by atoms with Gasteiger partial charge in [-0.25, -0.2) is 0 Å². The standard InChI is InChI=1S/C14H33NO5Si/c1-6-19-21(5,20-7-2)12-8-9-17-10-11-18-14(16)13-15(3)4/h14,16H,6-13H2,1-5H3. The lowest BCUT2D eigenvalue weighted by atomic mass is 10.5. The van der Waals surface area contributed by atoms with E-state index in [-0.39, 0.29) is 0 Å². The Labute approximate surface area is 130 Å². The first-order chi connectivity index (χ1) is 9.93. The second-order valence-electron chi connectivity index (χ2n) is 5.30. The van der Waals surface area contributed by atoms with Gasteiger partial charge in [0.2, 0.25) is 0 Å². The first-order valence-electron chi connectivity index (χ1n) is 7.73. The summed E-state index contributed by atoms with van der Waals surface area (Å²) in [5.74, 6) is 0. The van der Waals surface area contributed by atoms with E-state index in [2.05, 4.69) is 6.55 Å². The van der Waals surface area contributed by atoms with Crippen LogP contribution < -0.4 is 0 Å². The van der Waals surface area contributed by atoms with Gasteiger partial charge in [-0.1, -0.05) is 0 Å². The van der Waals surface area contributed by atoms with Crippen LogP contribution in [0.5, 0.6) is 0 Å². The molecule has 1 unspecified atom stereocenters. The minimum absolute atomic E-state index is 0.403. The summed E-state index contributed by atoms with van der Waals surface area (Å²) in [6, 6.07) is 0.929. The van der Waals surface area contributed by atoms with Gasteiger partial charge >= 0.3 is 8.56 Å². The maximum absolute atomic E-state index is 9.50. The van der Waals surface area contributed by atoms with Crippen LogP contribution in [0.25, 0.3) is 0 Å². The number of aliphatic hydroxyl groups excluding tert-OH is 1. The van der Waals surface area contributed by atoms with Gasteiger partial charge in [-0.15, -0.1) is 0 Å². The molecule has 0 fully saturated rings. The van der Waals surface area contributed by atoms with Gasteiger partial charge in [0.05, 0.1) is 13.2 Å². The summed E-state index contributed by atoms with van der Waals surface area (Å²) in [4.78, 5) is 1.87. The monoisotopic (exact) mass is 323 g/mol. The molecular formula is C14H33NO5Si. The van der Waals surface area contributed by atoms with E-state index >= 15 is 0 Å². The Morgan fingerprint density at radius 2 is 1.67 bits per heavy atom. The molecule has 0 radical (unpaired) electrons. The van der Waals surface area contributed by atoms with Crippen LogP contribution in [-0.4, -0.2) is 78.5 Å². The van der Waals surface area contributed by atoms with E-state index in [4.69, 9.17) is 18.3 Å². The van der Waals surface area contributed by atoms with E-state index < -0.39 is 14.9 Å². The van der Waals surface area contributed by atoms with E-state index in [1.807, 2.05) is 32.8 Å². The highest BCUT2D eigenvalue weighted by molar-refractivity contribution is 6.66. The third-order valence-corrected chi connectivity index (χ3v) is 5.94. The zero-order valence-electron chi connectivity index (χ0n) is 14.3. The number of ether oxygens (including phenoxy) is 2. The van der Waals surface area contributed by atoms with Crippen LogP contribution in [0.2, 0.25) is 12.6 Å². The highest BCUT2D eigenvalue weighted by Crippen LogP contribution is 2.15. The van der Waals surface area contributed by atoms with Crippen LogP contribution in [-0.2, 0) is 18.3 Å². The molecule has 0 aromatic carbocycles. The van der Waals surface area contributed by atoms with Crippen molar-refractivity contribution in [3.63, 3.8) is 0 Å². The molecule has 0 spiro atoms. The Morgan fingerprint density at radius 3 is 2.19 bits per heavy atom. The molecule has 0 saturated heterocycles. The molecule has 7 heteroatoms. The molecule has 0 aromatic heterocycles. The van der Waals surface area contributed by atoms with Gasteiger partial charge in [-0.3, -0.25) is 0 Å². The summed E-state index contributed by atoms with van der Waals surface area (Å²) in [6.45, 7) is 9.53. The van der Waals surface area contributed by atoms with Crippen molar-refractivity contribution in [2.45, 2.75) is 39.1 Å². The third kappa shape index (κ3) is 12.2. The van der Waals surface area contributed by atoms with Crippen molar-refractivity contribution >= 4 is 8.56 Å². The summed E-state index contributed by atoms with van der Waals surface area (Å²) < 4.78 is 22.3. The topological polar surface area (TPSA) is 60.4 Å². The predicted molar refractivity (Wildman–Crippen MR) is 85.6 cm³/mol. The Bertz CT molecular complexity index is 237. The number of hydrogen-bond donors (Lipinski definition) is 1. The van der Waals surface area contributed by atoms with Crippen LogP contribution in [0.1, 0.15) is 20.3 Å². The van der Waals surface area contributed by atoms with Crippen molar-refractivity contribution in [2.24, 2.45) is 0 Å². The molecule has 0 aromatic rings. The molecule has 0 bridgehead atoms. The van der Waals surface area contributed by atoms with Crippen LogP contribution in [0.15, 0.2) is 0 Å². The normalized spacial score (nSPS) is 13.9. The van der Waals surface area contributed by atoms with Crippen LogP contribution in [0.4, 0.5) is 0 Å². The lowest BCUT2D eigenvalue weighted by molar-refractivity contribution is -0.120. The van der Waals surface area contributed by atoms with Crippen molar-refractivity contribution in [1.82, 2.24) is 4.90 Å². The molecule has 6 nitrogen and oxygen atoms in total. The van der Waals surface area contributed by atoms with Crippen LogP contribution in [0, 0.1) is 0 Å². The summed E-state index contributed by atoms with van der Waals surface area (Å²) in [5.41, 5.74) is 0. The Hall–Kier alpha value is -0.0231. The number of likely N-dealkylation sites (N-methyl/N-ethyl adjacent to an activating group) is 1. The molecule has 1 N–H and O–H groups in total. The van der Waals surface area contributed by atoms with Gasteiger partial charge in [0.1, 0.15) is 0 Å². The molecule has 21 heavy (non-hydrogen) atoms. The molecule has 128 valence electrons. The Balaban J connectivity index is 3.58. The van der Waals surface area contributed by atoms with Crippen LogP contribution in [0.3, 0.4) is 0 Å². The molecule has 0 aliphatic carbocycles. The highest BCUT2D eigenvalue weighted by Gasteiger charge is 2.29. The van der Waals surface area contributed by atoms with Crippen molar-refractivity contribution < 1.29 is 23.4 Å². The van der Waals surface area contributed by atoms with E-state index in [1.54, 1.807) is 0 Å². The quantitative estimate of drug-likeness (QED) is 0.296. The first-order valence-corrected chi connectivity index (χ1v) is 10.3.